The minimum Gasteiger partial charge on any atom is -0.342 e. The van der Waals surface area contributed by atoms with Crippen molar-refractivity contribution in [3.63, 3.8) is 0 Å². The van der Waals surface area contributed by atoms with Gasteiger partial charge in [-0.15, -0.1) is 0 Å². The van der Waals surface area contributed by atoms with Gasteiger partial charge < -0.3 is 10.2 Å². The van der Waals surface area contributed by atoms with Crippen LogP contribution in [0, 0.1) is 11.8 Å². The molecule has 1 aromatic heterocycles. The van der Waals surface area contributed by atoms with Crippen molar-refractivity contribution in [2.45, 2.75) is 38.5 Å². The van der Waals surface area contributed by atoms with E-state index in [9.17, 15) is 9.59 Å². The van der Waals surface area contributed by atoms with Crippen LogP contribution in [-0.2, 0) is 9.59 Å². The molecule has 1 aromatic rings. The molecular formula is C17H22ClN3O2. The summed E-state index contributed by atoms with van der Waals surface area (Å²) >= 11 is 5.79. The summed E-state index contributed by atoms with van der Waals surface area (Å²) in [6.45, 7) is 1.30. The summed E-state index contributed by atoms with van der Waals surface area (Å²) < 4.78 is 0. The first-order chi connectivity index (χ1) is 11.1. The molecule has 1 atom stereocenters. The van der Waals surface area contributed by atoms with Crippen LogP contribution in [0.25, 0.3) is 0 Å². The van der Waals surface area contributed by atoms with Crippen LogP contribution in [-0.4, -0.2) is 34.8 Å². The number of anilines is 1. The first-order valence-electron chi connectivity index (χ1n) is 8.34. The van der Waals surface area contributed by atoms with E-state index in [0.29, 0.717) is 17.4 Å². The fourth-order valence-electron chi connectivity index (χ4n) is 3.50. The molecule has 0 unspecified atom stereocenters. The van der Waals surface area contributed by atoms with Crippen molar-refractivity contribution in [3.05, 3.63) is 23.4 Å². The van der Waals surface area contributed by atoms with Crippen LogP contribution in [0.2, 0.25) is 5.02 Å². The second kappa shape index (κ2) is 7.30. The number of carbonyl (C=O) groups is 2. The first-order valence-corrected chi connectivity index (χ1v) is 8.72. The Morgan fingerprint density at radius 1 is 1.13 bits per heavy atom. The third-order valence-electron chi connectivity index (χ3n) is 4.79. The maximum atomic E-state index is 12.5. The van der Waals surface area contributed by atoms with E-state index >= 15 is 0 Å². The lowest BCUT2D eigenvalue weighted by molar-refractivity contribution is -0.138. The number of likely N-dealkylation sites (tertiary alicyclic amines) is 1. The molecule has 1 aliphatic heterocycles. The van der Waals surface area contributed by atoms with Gasteiger partial charge in [0.05, 0.1) is 10.9 Å². The Morgan fingerprint density at radius 3 is 2.57 bits per heavy atom. The Hall–Kier alpha value is -1.62. The average Bonchev–Trinajstić information content (AvgIpc) is 3.11. The molecule has 1 saturated heterocycles. The van der Waals surface area contributed by atoms with Crippen molar-refractivity contribution < 1.29 is 9.59 Å². The van der Waals surface area contributed by atoms with Gasteiger partial charge in [-0.25, -0.2) is 4.98 Å². The topological polar surface area (TPSA) is 62.3 Å². The maximum Gasteiger partial charge on any atom is 0.230 e. The molecule has 23 heavy (non-hydrogen) atoms. The highest BCUT2D eigenvalue weighted by Gasteiger charge is 2.32. The molecule has 1 aliphatic carbocycles. The molecule has 0 radical (unpaired) electrons. The predicted octanol–water partition coefficient (Wildman–Crippen LogP) is 3.10. The van der Waals surface area contributed by atoms with Crippen LogP contribution >= 0.6 is 11.6 Å². The zero-order valence-electron chi connectivity index (χ0n) is 13.1. The van der Waals surface area contributed by atoms with Gasteiger partial charge in [0.1, 0.15) is 5.82 Å². The van der Waals surface area contributed by atoms with E-state index in [0.717, 1.165) is 45.1 Å². The number of nitrogens with zero attached hydrogens (tertiary/aromatic N) is 2. The first kappa shape index (κ1) is 16.2. The number of hydrogen-bond donors (Lipinski definition) is 1. The highest BCUT2D eigenvalue weighted by molar-refractivity contribution is 6.30. The van der Waals surface area contributed by atoms with Crippen LogP contribution < -0.4 is 5.32 Å². The number of aromatic nitrogens is 1. The van der Waals surface area contributed by atoms with E-state index in [1.54, 1.807) is 12.1 Å². The molecule has 2 aliphatic rings. The van der Waals surface area contributed by atoms with Gasteiger partial charge in [0.2, 0.25) is 11.8 Å². The number of amides is 2. The molecule has 0 bridgehead atoms. The summed E-state index contributed by atoms with van der Waals surface area (Å²) in [6, 6.07) is 3.38. The van der Waals surface area contributed by atoms with E-state index in [1.807, 2.05) is 4.90 Å². The molecule has 1 N–H and O–H groups in total. The zero-order valence-corrected chi connectivity index (χ0v) is 13.9. The molecule has 1 saturated carbocycles. The quantitative estimate of drug-likeness (QED) is 0.923. The summed E-state index contributed by atoms with van der Waals surface area (Å²) in [5.41, 5.74) is 0. The van der Waals surface area contributed by atoms with Gasteiger partial charge in [-0.1, -0.05) is 24.4 Å². The zero-order chi connectivity index (χ0) is 16.2. The van der Waals surface area contributed by atoms with E-state index in [4.69, 9.17) is 11.6 Å². The average molecular weight is 336 g/mol. The summed E-state index contributed by atoms with van der Waals surface area (Å²) in [4.78, 5) is 30.9. The monoisotopic (exact) mass is 335 g/mol. The predicted molar refractivity (Wildman–Crippen MR) is 89.1 cm³/mol. The molecule has 124 valence electrons. The van der Waals surface area contributed by atoms with Crippen molar-refractivity contribution in [2.75, 3.05) is 18.4 Å². The Kier molecular flexibility index (Phi) is 5.16. The van der Waals surface area contributed by atoms with Crippen molar-refractivity contribution in [1.29, 1.82) is 0 Å². The minimum absolute atomic E-state index is 0.0660. The SMILES string of the molecule is O=C(Nc1ccc(Cl)cn1)[C@@H]1CCCN(C(=O)C2CCCC2)C1. The van der Waals surface area contributed by atoms with Crippen LogP contribution in [0.15, 0.2) is 18.3 Å². The smallest absolute Gasteiger partial charge is 0.230 e. The molecule has 3 rings (SSSR count). The van der Waals surface area contributed by atoms with Crippen molar-refractivity contribution in [3.8, 4) is 0 Å². The van der Waals surface area contributed by atoms with Crippen molar-refractivity contribution >= 4 is 29.2 Å². The molecule has 5 nitrogen and oxygen atoms in total. The maximum absolute atomic E-state index is 12.5. The fraction of sp³-hybridized carbons (Fsp3) is 0.588. The van der Waals surface area contributed by atoms with E-state index in [1.165, 1.54) is 6.20 Å². The Balaban J connectivity index is 1.57. The van der Waals surface area contributed by atoms with Gasteiger partial charge in [-0.3, -0.25) is 9.59 Å². The highest BCUT2D eigenvalue weighted by atomic mass is 35.5. The lowest BCUT2D eigenvalue weighted by atomic mass is 9.95. The van der Waals surface area contributed by atoms with Crippen molar-refractivity contribution in [1.82, 2.24) is 9.88 Å². The van der Waals surface area contributed by atoms with Crippen LogP contribution in [0.3, 0.4) is 0 Å². The third-order valence-corrected chi connectivity index (χ3v) is 5.01. The van der Waals surface area contributed by atoms with E-state index in [2.05, 4.69) is 10.3 Å². The number of carbonyl (C=O) groups excluding carboxylic acids is 2. The Bertz CT molecular complexity index is 570. The van der Waals surface area contributed by atoms with E-state index in [-0.39, 0.29) is 23.7 Å². The third kappa shape index (κ3) is 4.02. The number of rotatable bonds is 3. The molecule has 0 aromatic carbocycles. The molecule has 2 amide bonds. The highest BCUT2D eigenvalue weighted by Crippen LogP contribution is 2.28. The standard InChI is InChI=1S/C17H22ClN3O2/c18-14-7-8-15(19-10-14)20-16(22)13-6-3-9-21(11-13)17(23)12-4-1-2-5-12/h7-8,10,12-13H,1-6,9,11H2,(H,19,20,22)/t13-/m1/s1. The number of pyridine rings is 1. The second-order valence-electron chi connectivity index (χ2n) is 6.46. The number of piperidine rings is 1. The summed E-state index contributed by atoms with van der Waals surface area (Å²) in [5.74, 6) is 0.688. The van der Waals surface area contributed by atoms with Crippen LogP contribution in [0.4, 0.5) is 5.82 Å². The lowest BCUT2D eigenvalue weighted by Crippen LogP contribution is -2.45. The molecule has 2 fully saturated rings. The second-order valence-corrected chi connectivity index (χ2v) is 6.89. The van der Waals surface area contributed by atoms with Gasteiger partial charge >= 0.3 is 0 Å². The number of halogens is 1. The molecule has 2 heterocycles. The minimum atomic E-state index is -0.161. The molecule has 0 spiro atoms. The van der Waals surface area contributed by atoms with Crippen LogP contribution in [0.5, 0.6) is 0 Å². The summed E-state index contributed by atoms with van der Waals surface area (Å²) in [6.07, 6.45) is 7.50. The van der Waals surface area contributed by atoms with Crippen LogP contribution in [0.1, 0.15) is 38.5 Å². The summed E-state index contributed by atoms with van der Waals surface area (Å²) in [7, 11) is 0. The van der Waals surface area contributed by atoms with Gasteiger partial charge in [-0.05, 0) is 37.8 Å². The van der Waals surface area contributed by atoms with Gasteiger partial charge in [-0.2, -0.15) is 0 Å². The van der Waals surface area contributed by atoms with Gasteiger partial charge in [0.25, 0.3) is 0 Å². The van der Waals surface area contributed by atoms with Gasteiger partial charge in [0, 0.05) is 25.2 Å². The largest absolute Gasteiger partial charge is 0.342 e. The number of nitrogens with one attached hydrogen (secondary N) is 1. The summed E-state index contributed by atoms with van der Waals surface area (Å²) in [5, 5.41) is 3.36. The number of hydrogen-bond acceptors (Lipinski definition) is 3. The van der Waals surface area contributed by atoms with Crippen molar-refractivity contribution in [2.24, 2.45) is 11.8 Å². The van der Waals surface area contributed by atoms with Gasteiger partial charge in [0.15, 0.2) is 0 Å². The van der Waals surface area contributed by atoms with E-state index < -0.39 is 0 Å². The fourth-order valence-corrected chi connectivity index (χ4v) is 3.61. The Labute approximate surface area is 141 Å². The Morgan fingerprint density at radius 2 is 1.87 bits per heavy atom. The normalized spacial score (nSPS) is 22.1. The molecule has 6 heteroatoms. The molecular weight excluding hydrogens is 314 g/mol. The lowest BCUT2D eigenvalue weighted by Gasteiger charge is -2.33.